The van der Waals surface area contributed by atoms with Crippen molar-refractivity contribution in [3.8, 4) is 5.75 Å². The van der Waals surface area contributed by atoms with E-state index >= 15 is 0 Å². The summed E-state index contributed by atoms with van der Waals surface area (Å²) in [6.45, 7) is 3.44. The maximum atomic E-state index is 12.1. The number of hydrogen-bond acceptors (Lipinski definition) is 5. The van der Waals surface area contributed by atoms with Gasteiger partial charge in [0.1, 0.15) is 12.4 Å². The second kappa shape index (κ2) is 8.43. The highest BCUT2D eigenvalue weighted by Gasteiger charge is 2.17. The Morgan fingerprint density at radius 2 is 2.20 bits per heavy atom. The molecule has 1 aliphatic heterocycles. The first kappa shape index (κ1) is 17.2. The molecule has 1 atom stereocenters. The number of carbonyl (C=O) groups is 1. The van der Waals surface area contributed by atoms with Crippen LogP contribution < -0.4 is 15.4 Å². The minimum atomic E-state index is -0.324. The van der Waals surface area contributed by atoms with Gasteiger partial charge in [0.2, 0.25) is 0 Å². The Hall–Kier alpha value is -2.67. The van der Waals surface area contributed by atoms with Crippen molar-refractivity contribution in [1.29, 1.82) is 0 Å². The van der Waals surface area contributed by atoms with Crippen LogP contribution in [0.25, 0.3) is 0 Å². The highest BCUT2D eigenvalue weighted by Crippen LogP contribution is 2.25. The number of hydrogen-bond donors (Lipinski definition) is 2. The molecule has 1 aliphatic rings. The maximum Gasteiger partial charge on any atom is 0.319 e. The van der Waals surface area contributed by atoms with E-state index in [4.69, 9.17) is 9.47 Å². The lowest BCUT2D eigenvalue weighted by Crippen LogP contribution is -2.29. The number of nitrogens with one attached hydrogen (secondary N) is 2. The minimum absolute atomic E-state index is 0.127. The summed E-state index contributed by atoms with van der Waals surface area (Å²) in [7, 11) is 0. The van der Waals surface area contributed by atoms with Crippen LogP contribution >= 0.6 is 0 Å². The molecule has 0 saturated carbocycles. The molecule has 2 N–H and O–H groups in total. The van der Waals surface area contributed by atoms with Gasteiger partial charge in [0.25, 0.3) is 0 Å². The second-order valence-electron chi connectivity index (χ2n) is 5.90. The van der Waals surface area contributed by atoms with E-state index in [1.54, 1.807) is 18.5 Å². The predicted octanol–water partition coefficient (Wildman–Crippen LogP) is 2.66. The number of aryl methyl sites for hydroxylation is 1. The summed E-state index contributed by atoms with van der Waals surface area (Å²) >= 11 is 0. The summed E-state index contributed by atoms with van der Waals surface area (Å²) < 4.78 is 11.4. The molecule has 1 aromatic carbocycles. The Morgan fingerprint density at radius 3 is 2.96 bits per heavy atom. The normalized spacial score (nSPS) is 16.4. The van der Waals surface area contributed by atoms with Crippen LogP contribution in [0.5, 0.6) is 5.75 Å². The minimum Gasteiger partial charge on any atom is -0.489 e. The van der Waals surface area contributed by atoms with Gasteiger partial charge in [0, 0.05) is 12.8 Å². The third-order valence-electron chi connectivity index (χ3n) is 3.85. The fourth-order valence-electron chi connectivity index (χ4n) is 2.50. The SMILES string of the molecule is Cc1cnc(CNC(=O)Nc2ccccc2OC[C@@H]2CCCO2)cn1. The van der Waals surface area contributed by atoms with Gasteiger partial charge in [-0.1, -0.05) is 12.1 Å². The molecule has 0 unspecified atom stereocenters. The van der Waals surface area contributed by atoms with Crippen molar-refractivity contribution in [2.75, 3.05) is 18.5 Å². The Kier molecular flexibility index (Phi) is 5.79. The summed E-state index contributed by atoms with van der Waals surface area (Å²) in [5.74, 6) is 0.628. The molecule has 0 bridgehead atoms. The molecule has 25 heavy (non-hydrogen) atoms. The number of urea groups is 1. The van der Waals surface area contributed by atoms with Gasteiger partial charge in [0.05, 0.1) is 35.9 Å². The second-order valence-corrected chi connectivity index (χ2v) is 5.90. The van der Waals surface area contributed by atoms with Crippen LogP contribution in [0.1, 0.15) is 24.2 Å². The van der Waals surface area contributed by atoms with Crippen molar-refractivity contribution in [3.05, 3.63) is 48.0 Å². The van der Waals surface area contributed by atoms with Crippen LogP contribution in [0.2, 0.25) is 0 Å². The van der Waals surface area contributed by atoms with Gasteiger partial charge in [-0.05, 0) is 31.9 Å². The molecule has 3 rings (SSSR count). The fraction of sp³-hybridized carbons (Fsp3) is 0.389. The van der Waals surface area contributed by atoms with E-state index in [2.05, 4.69) is 20.6 Å². The number of carbonyl (C=O) groups excluding carboxylic acids is 1. The highest BCUT2D eigenvalue weighted by molar-refractivity contribution is 5.90. The highest BCUT2D eigenvalue weighted by atomic mass is 16.5. The molecule has 2 heterocycles. The molecule has 7 nitrogen and oxygen atoms in total. The third-order valence-corrected chi connectivity index (χ3v) is 3.85. The average molecular weight is 342 g/mol. The van der Waals surface area contributed by atoms with Gasteiger partial charge in [-0.2, -0.15) is 0 Å². The number of nitrogens with zero attached hydrogens (tertiary/aromatic N) is 2. The molecule has 132 valence electrons. The first-order chi connectivity index (χ1) is 12.2. The zero-order valence-corrected chi connectivity index (χ0v) is 14.2. The Balaban J connectivity index is 1.52. The van der Waals surface area contributed by atoms with Gasteiger partial charge < -0.3 is 20.1 Å². The van der Waals surface area contributed by atoms with E-state index in [0.29, 0.717) is 30.3 Å². The summed E-state index contributed by atoms with van der Waals surface area (Å²) in [5.41, 5.74) is 2.15. The van der Waals surface area contributed by atoms with Crippen molar-refractivity contribution >= 4 is 11.7 Å². The smallest absolute Gasteiger partial charge is 0.319 e. The number of aromatic nitrogens is 2. The molecule has 2 aromatic rings. The zero-order valence-electron chi connectivity index (χ0n) is 14.2. The molecule has 0 spiro atoms. The van der Waals surface area contributed by atoms with Gasteiger partial charge in [0.15, 0.2) is 0 Å². The van der Waals surface area contributed by atoms with Crippen LogP contribution in [0.15, 0.2) is 36.7 Å². The van der Waals surface area contributed by atoms with Crippen LogP contribution in [0, 0.1) is 6.92 Å². The molecule has 7 heteroatoms. The number of amides is 2. The van der Waals surface area contributed by atoms with Gasteiger partial charge in [-0.25, -0.2) is 4.79 Å². The first-order valence-electron chi connectivity index (χ1n) is 8.36. The number of anilines is 1. The zero-order chi connectivity index (χ0) is 17.5. The van der Waals surface area contributed by atoms with Gasteiger partial charge in [-0.3, -0.25) is 9.97 Å². The van der Waals surface area contributed by atoms with E-state index < -0.39 is 0 Å². The topological polar surface area (TPSA) is 85.4 Å². The van der Waals surface area contributed by atoms with Gasteiger partial charge in [-0.15, -0.1) is 0 Å². The van der Waals surface area contributed by atoms with E-state index in [1.807, 2.05) is 25.1 Å². The number of ether oxygens (including phenoxy) is 2. The maximum absolute atomic E-state index is 12.1. The molecular weight excluding hydrogens is 320 g/mol. The largest absolute Gasteiger partial charge is 0.489 e. The number of benzene rings is 1. The quantitative estimate of drug-likeness (QED) is 0.843. The summed E-state index contributed by atoms with van der Waals surface area (Å²) in [4.78, 5) is 20.5. The number of rotatable bonds is 6. The molecule has 0 aliphatic carbocycles. The van der Waals surface area contributed by atoms with Crippen LogP contribution in [-0.4, -0.2) is 35.3 Å². The van der Waals surface area contributed by atoms with Crippen molar-refractivity contribution in [1.82, 2.24) is 15.3 Å². The predicted molar refractivity (Wildman–Crippen MR) is 93.5 cm³/mol. The summed E-state index contributed by atoms with van der Waals surface area (Å²) in [6.07, 6.45) is 5.52. The van der Waals surface area contributed by atoms with Crippen molar-refractivity contribution in [2.45, 2.75) is 32.4 Å². The lowest BCUT2D eigenvalue weighted by Gasteiger charge is -2.15. The molecular formula is C18H22N4O3. The van der Waals surface area contributed by atoms with Crippen LogP contribution in [0.4, 0.5) is 10.5 Å². The Labute approximate surface area is 146 Å². The van der Waals surface area contributed by atoms with Crippen LogP contribution in [0.3, 0.4) is 0 Å². The van der Waals surface area contributed by atoms with E-state index in [-0.39, 0.29) is 12.1 Å². The Morgan fingerprint density at radius 1 is 1.32 bits per heavy atom. The van der Waals surface area contributed by atoms with Crippen LogP contribution in [-0.2, 0) is 11.3 Å². The van der Waals surface area contributed by atoms with Crippen molar-refractivity contribution in [3.63, 3.8) is 0 Å². The molecule has 1 fully saturated rings. The first-order valence-corrected chi connectivity index (χ1v) is 8.36. The third kappa shape index (κ3) is 5.15. The lowest BCUT2D eigenvalue weighted by atomic mass is 10.2. The van der Waals surface area contributed by atoms with E-state index in [1.165, 1.54) is 0 Å². The standard InChI is InChI=1S/C18H22N4O3/c1-13-9-20-14(10-19-13)11-21-18(23)22-16-6-2-3-7-17(16)25-12-15-5-4-8-24-15/h2-3,6-7,9-10,15H,4-5,8,11-12H2,1H3,(H2,21,22,23)/t15-/m0/s1. The van der Waals surface area contributed by atoms with Crippen molar-refractivity contribution < 1.29 is 14.3 Å². The molecule has 0 radical (unpaired) electrons. The molecule has 1 saturated heterocycles. The monoisotopic (exact) mass is 342 g/mol. The molecule has 2 amide bonds. The summed E-state index contributed by atoms with van der Waals surface area (Å²) in [5, 5.41) is 5.56. The van der Waals surface area contributed by atoms with E-state index in [9.17, 15) is 4.79 Å². The Bertz CT molecular complexity index is 700. The van der Waals surface area contributed by atoms with Crippen molar-refractivity contribution in [2.24, 2.45) is 0 Å². The van der Waals surface area contributed by atoms with Gasteiger partial charge >= 0.3 is 6.03 Å². The average Bonchev–Trinajstić information content (AvgIpc) is 3.14. The summed E-state index contributed by atoms with van der Waals surface area (Å²) in [6, 6.07) is 7.03. The van der Waals surface area contributed by atoms with E-state index in [0.717, 1.165) is 25.1 Å². The lowest BCUT2D eigenvalue weighted by molar-refractivity contribution is 0.0682. The molecule has 1 aromatic heterocycles. The number of para-hydroxylation sites is 2. The fourth-order valence-corrected chi connectivity index (χ4v) is 2.50.